The first-order valence-corrected chi connectivity index (χ1v) is 8.15. The van der Waals surface area contributed by atoms with Gasteiger partial charge in [-0.25, -0.2) is 0 Å². The first-order chi connectivity index (χ1) is 9.65. The summed E-state index contributed by atoms with van der Waals surface area (Å²) in [6, 6.07) is 3.93. The Morgan fingerprint density at radius 1 is 1.35 bits per heavy atom. The van der Waals surface area contributed by atoms with Crippen LogP contribution in [0.25, 0.3) is 0 Å². The van der Waals surface area contributed by atoms with Crippen molar-refractivity contribution in [3.8, 4) is 5.75 Å². The van der Waals surface area contributed by atoms with Crippen molar-refractivity contribution in [3.05, 3.63) is 28.3 Å². The van der Waals surface area contributed by atoms with Crippen LogP contribution in [0.4, 0.5) is 0 Å². The maximum atomic E-state index is 10.5. The van der Waals surface area contributed by atoms with E-state index in [1.165, 1.54) is 18.4 Å². The third-order valence-corrected chi connectivity index (χ3v) is 4.47. The van der Waals surface area contributed by atoms with Crippen molar-refractivity contribution in [3.63, 3.8) is 0 Å². The van der Waals surface area contributed by atoms with E-state index < -0.39 is 0 Å². The van der Waals surface area contributed by atoms with Crippen LogP contribution >= 0.6 is 11.6 Å². The summed E-state index contributed by atoms with van der Waals surface area (Å²) in [4.78, 5) is 0. The Kier molecular flexibility index (Phi) is 5.74. The number of rotatable bonds is 7. The molecule has 2 nitrogen and oxygen atoms in total. The molecule has 1 aromatic carbocycles. The van der Waals surface area contributed by atoms with Gasteiger partial charge in [0.25, 0.3) is 0 Å². The number of fused-ring (bicyclic) bond motifs is 1. The number of aliphatic hydroxyl groups is 1. The molecule has 0 fully saturated rings. The molecule has 1 aliphatic rings. The maximum Gasteiger partial charge on any atom is 0.126 e. The van der Waals surface area contributed by atoms with Gasteiger partial charge < -0.3 is 9.84 Å². The van der Waals surface area contributed by atoms with Crippen molar-refractivity contribution in [2.75, 3.05) is 6.61 Å². The molecule has 1 aromatic rings. The number of unbranched alkanes of at least 4 members (excludes halogenated alkanes) is 1. The van der Waals surface area contributed by atoms with Gasteiger partial charge in [0.05, 0.1) is 12.7 Å². The van der Waals surface area contributed by atoms with E-state index in [2.05, 4.69) is 13.8 Å². The van der Waals surface area contributed by atoms with Crippen molar-refractivity contribution in [2.45, 2.75) is 58.5 Å². The fourth-order valence-electron chi connectivity index (χ4n) is 3.02. The lowest BCUT2D eigenvalue weighted by Crippen LogP contribution is -2.22. The van der Waals surface area contributed by atoms with E-state index in [1.807, 2.05) is 12.1 Å². The normalized spacial score (nSPS) is 16.6. The van der Waals surface area contributed by atoms with Crippen LogP contribution < -0.4 is 4.74 Å². The second kappa shape index (κ2) is 7.33. The third kappa shape index (κ3) is 3.67. The average molecular weight is 297 g/mol. The topological polar surface area (TPSA) is 29.5 Å². The smallest absolute Gasteiger partial charge is 0.126 e. The minimum atomic E-state index is -0.307. The highest BCUT2D eigenvalue weighted by Crippen LogP contribution is 2.34. The quantitative estimate of drug-likeness (QED) is 0.808. The Hall–Kier alpha value is -0.730. The third-order valence-electron chi connectivity index (χ3n) is 4.25. The van der Waals surface area contributed by atoms with Crippen LogP contribution in [-0.4, -0.2) is 17.8 Å². The minimum Gasteiger partial charge on any atom is -0.493 e. The highest BCUT2D eigenvalue weighted by atomic mass is 35.5. The zero-order valence-corrected chi connectivity index (χ0v) is 13.2. The van der Waals surface area contributed by atoms with Crippen molar-refractivity contribution in [1.82, 2.24) is 0 Å². The van der Waals surface area contributed by atoms with Gasteiger partial charge >= 0.3 is 0 Å². The largest absolute Gasteiger partial charge is 0.493 e. The Morgan fingerprint density at radius 2 is 2.15 bits per heavy atom. The van der Waals surface area contributed by atoms with Crippen molar-refractivity contribution >= 4 is 11.6 Å². The first kappa shape index (κ1) is 15.7. The summed E-state index contributed by atoms with van der Waals surface area (Å²) in [5.41, 5.74) is 2.24. The summed E-state index contributed by atoms with van der Waals surface area (Å²) in [5, 5.41) is 11.3. The van der Waals surface area contributed by atoms with Crippen LogP contribution in [-0.2, 0) is 12.8 Å². The van der Waals surface area contributed by atoms with E-state index >= 15 is 0 Å². The van der Waals surface area contributed by atoms with Crippen LogP contribution in [0.3, 0.4) is 0 Å². The zero-order valence-electron chi connectivity index (χ0n) is 12.5. The summed E-state index contributed by atoms with van der Waals surface area (Å²) in [6.07, 6.45) is 5.73. The zero-order chi connectivity index (χ0) is 14.5. The number of hydrogen-bond donors (Lipinski definition) is 1. The molecule has 2 rings (SSSR count). The molecule has 20 heavy (non-hydrogen) atoms. The summed E-state index contributed by atoms with van der Waals surface area (Å²) in [6.45, 7) is 5.07. The van der Waals surface area contributed by atoms with Crippen LogP contribution in [0.15, 0.2) is 12.1 Å². The fraction of sp³-hybridized carbons (Fsp3) is 0.647. The molecule has 0 spiro atoms. The molecule has 2 atom stereocenters. The van der Waals surface area contributed by atoms with E-state index in [0.717, 1.165) is 42.2 Å². The molecule has 0 bridgehead atoms. The molecule has 0 aromatic heterocycles. The minimum absolute atomic E-state index is 0.307. The van der Waals surface area contributed by atoms with Crippen molar-refractivity contribution < 1.29 is 9.84 Å². The van der Waals surface area contributed by atoms with Gasteiger partial charge in [-0.05, 0) is 35.6 Å². The SMILES string of the molecule is CCCCC(CC)C(O)Cc1cc(Cl)cc2c1OCC2. The Bertz CT molecular complexity index is 445. The predicted molar refractivity (Wildman–Crippen MR) is 83.7 cm³/mol. The molecule has 0 saturated heterocycles. The molecule has 112 valence electrons. The highest BCUT2D eigenvalue weighted by molar-refractivity contribution is 6.30. The molecule has 0 aliphatic carbocycles. The fourth-order valence-corrected chi connectivity index (χ4v) is 3.29. The summed E-state index contributed by atoms with van der Waals surface area (Å²) >= 11 is 6.17. The van der Waals surface area contributed by atoms with Crippen LogP contribution in [0.1, 0.15) is 50.7 Å². The van der Waals surface area contributed by atoms with Gasteiger partial charge in [-0.2, -0.15) is 0 Å². The number of hydrogen-bond acceptors (Lipinski definition) is 2. The lowest BCUT2D eigenvalue weighted by Gasteiger charge is -2.22. The Morgan fingerprint density at radius 3 is 2.85 bits per heavy atom. The maximum absolute atomic E-state index is 10.5. The van der Waals surface area contributed by atoms with Gasteiger partial charge in [0.1, 0.15) is 5.75 Å². The van der Waals surface area contributed by atoms with Crippen LogP contribution in [0.5, 0.6) is 5.75 Å². The summed E-state index contributed by atoms with van der Waals surface area (Å²) in [7, 11) is 0. The summed E-state index contributed by atoms with van der Waals surface area (Å²) < 4.78 is 5.71. The standard InChI is InChI=1S/C17H25ClO2/c1-3-5-6-12(4-2)16(19)11-14-10-15(18)9-13-7-8-20-17(13)14/h9-10,12,16,19H,3-8,11H2,1-2H3. The molecule has 1 N–H and O–H groups in total. The van der Waals surface area contributed by atoms with Gasteiger partial charge in [0, 0.05) is 17.9 Å². The van der Waals surface area contributed by atoms with E-state index in [1.54, 1.807) is 0 Å². The van der Waals surface area contributed by atoms with Crippen molar-refractivity contribution in [2.24, 2.45) is 5.92 Å². The molecule has 3 heteroatoms. The summed E-state index contributed by atoms with van der Waals surface area (Å²) in [5.74, 6) is 1.32. The predicted octanol–water partition coefficient (Wildman–Crippen LogP) is 4.39. The average Bonchev–Trinajstić information content (AvgIpc) is 2.87. The number of benzene rings is 1. The second-order valence-corrected chi connectivity index (χ2v) is 6.17. The van der Waals surface area contributed by atoms with Crippen molar-refractivity contribution in [1.29, 1.82) is 0 Å². The first-order valence-electron chi connectivity index (χ1n) is 7.77. The van der Waals surface area contributed by atoms with Gasteiger partial charge in [-0.15, -0.1) is 0 Å². The molecule has 0 saturated carbocycles. The van der Waals surface area contributed by atoms with Crippen LogP contribution in [0, 0.1) is 5.92 Å². The lowest BCUT2D eigenvalue weighted by molar-refractivity contribution is 0.0980. The Balaban J connectivity index is 2.09. The van der Waals surface area contributed by atoms with E-state index in [-0.39, 0.29) is 6.10 Å². The van der Waals surface area contributed by atoms with Gasteiger partial charge in [-0.1, -0.05) is 44.7 Å². The van der Waals surface area contributed by atoms with E-state index in [0.29, 0.717) is 12.3 Å². The number of ether oxygens (including phenoxy) is 1. The molecule has 0 radical (unpaired) electrons. The van der Waals surface area contributed by atoms with E-state index in [9.17, 15) is 5.11 Å². The number of aliphatic hydroxyl groups excluding tert-OH is 1. The van der Waals surface area contributed by atoms with E-state index in [4.69, 9.17) is 16.3 Å². The highest BCUT2D eigenvalue weighted by Gasteiger charge is 2.23. The molecule has 0 amide bonds. The Labute approximate surface area is 127 Å². The molecular formula is C17H25ClO2. The van der Waals surface area contributed by atoms with Gasteiger partial charge in [0.2, 0.25) is 0 Å². The van der Waals surface area contributed by atoms with Gasteiger partial charge in [-0.3, -0.25) is 0 Å². The second-order valence-electron chi connectivity index (χ2n) is 5.73. The monoisotopic (exact) mass is 296 g/mol. The molecule has 2 unspecified atom stereocenters. The number of halogens is 1. The molecule has 1 aliphatic heterocycles. The molecule has 1 heterocycles. The lowest BCUT2D eigenvalue weighted by atomic mass is 9.89. The van der Waals surface area contributed by atoms with Crippen LogP contribution in [0.2, 0.25) is 5.02 Å². The van der Waals surface area contributed by atoms with Gasteiger partial charge in [0.15, 0.2) is 0 Å². The molecular weight excluding hydrogens is 272 g/mol.